The third-order valence-electron chi connectivity index (χ3n) is 6.52. The zero-order valence-corrected chi connectivity index (χ0v) is 18.0. The molecule has 1 aliphatic heterocycles. The van der Waals surface area contributed by atoms with Crippen LogP contribution in [0.25, 0.3) is 5.82 Å². The van der Waals surface area contributed by atoms with Crippen LogP contribution in [-0.4, -0.2) is 20.3 Å². The number of nitrogens with zero attached hydrogens (tertiary/aromatic N) is 3. The van der Waals surface area contributed by atoms with Crippen molar-refractivity contribution in [3.63, 3.8) is 0 Å². The summed E-state index contributed by atoms with van der Waals surface area (Å²) in [4.78, 5) is 22.5. The number of Topliss-reactive ketones (excluding diaryl/α,β-unsaturated/α-hetero) is 1. The van der Waals surface area contributed by atoms with Crippen LogP contribution in [0.1, 0.15) is 67.3 Å². The first-order chi connectivity index (χ1) is 14.5. The fourth-order valence-corrected chi connectivity index (χ4v) is 5.19. The molecule has 1 aromatic carbocycles. The van der Waals surface area contributed by atoms with E-state index in [0.717, 1.165) is 48.7 Å². The van der Waals surface area contributed by atoms with Crippen LogP contribution in [0.4, 0.5) is 5.69 Å². The number of carbonyl (C=O) groups is 1. The first kappa shape index (κ1) is 19.3. The molecule has 1 saturated carbocycles. The Kier molecular flexibility index (Phi) is 4.66. The van der Waals surface area contributed by atoms with E-state index >= 15 is 0 Å². The number of imidazole rings is 1. The molecule has 2 aliphatic rings. The number of nitrogens with one attached hydrogen (secondary N) is 1. The van der Waals surface area contributed by atoms with Gasteiger partial charge in [0.05, 0.1) is 28.1 Å². The quantitative estimate of drug-likeness (QED) is 0.549. The number of benzene rings is 1. The molecule has 0 radical (unpaired) electrons. The molecule has 0 atom stereocenters. The number of pyridine rings is 1. The van der Waals surface area contributed by atoms with Crippen molar-refractivity contribution in [2.45, 2.75) is 51.0 Å². The molecule has 154 valence electrons. The first-order valence-electron chi connectivity index (χ1n) is 10.6. The van der Waals surface area contributed by atoms with Crippen LogP contribution in [-0.2, 0) is 5.54 Å². The van der Waals surface area contributed by atoms with E-state index in [9.17, 15) is 4.79 Å². The number of fused-ring (bicyclic) bond motifs is 4. The Labute approximate surface area is 181 Å². The number of hydrogen-bond acceptors (Lipinski definition) is 4. The summed E-state index contributed by atoms with van der Waals surface area (Å²) in [6.45, 7) is 4.32. The molecule has 5 rings (SSSR count). The summed E-state index contributed by atoms with van der Waals surface area (Å²) in [5.74, 6) is 2.38. The molecule has 1 aliphatic carbocycles. The molecular weight excluding hydrogens is 396 g/mol. The third kappa shape index (κ3) is 2.95. The summed E-state index contributed by atoms with van der Waals surface area (Å²) in [5, 5.41) is 4.31. The number of carbonyl (C=O) groups excluding carboxylic acids is 1. The average Bonchev–Trinajstić information content (AvgIpc) is 3.21. The summed E-state index contributed by atoms with van der Waals surface area (Å²) >= 11 is 6.28. The number of halogens is 1. The molecule has 3 heterocycles. The second kappa shape index (κ2) is 7.24. The van der Waals surface area contributed by atoms with Crippen LogP contribution >= 0.6 is 11.6 Å². The molecule has 3 aromatic rings. The van der Waals surface area contributed by atoms with Crippen molar-refractivity contribution in [1.82, 2.24) is 14.5 Å². The highest BCUT2D eigenvalue weighted by atomic mass is 35.5. The van der Waals surface area contributed by atoms with E-state index in [4.69, 9.17) is 16.6 Å². The van der Waals surface area contributed by atoms with Gasteiger partial charge in [0, 0.05) is 23.6 Å². The number of ketones is 1. The van der Waals surface area contributed by atoms with Gasteiger partial charge in [0.25, 0.3) is 0 Å². The molecule has 0 unspecified atom stereocenters. The zero-order chi connectivity index (χ0) is 20.9. The Morgan fingerprint density at radius 1 is 1.17 bits per heavy atom. The number of aromatic nitrogens is 3. The first-order valence-corrected chi connectivity index (χ1v) is 11.0. The molecule has 1 spiro atoms. The van der Waals surface area contributed by atoms with Crippen LogP contribution in [0.5, 0.6) is 0 Å². The summed E-state index contributed by atoms with van der Waals surface area (Å²) < 4.78 is 2.23. The summed E-state index contributed by atoms with van der Waals surface area (Å²) in [6, 6.07) is 11.4. The maximum absolute atomic E-state index is 13.1. The lowest BCUT2D eigenvalue weighted by atomic mass is 9.72. The van der Waals surface area contributed by atoms with Crippen molar-refractivity contribution in [2.75, 3.05) is 5.32 Å². The van der Waals surface area contributed by atoms with Gasteiger partial charge in [-0.3, -0.25) is 9.36 Å². The minimum absolute atomic E-state index is 0.00596. The van der Waals surface area contributed by atoms with Gasteiger partial charge >= 0.3 is 0 Å². The van der Waals surface area contributed by atoms with E-state index in [1.165, 1.54) is 0 Å². The molecule has 5 nitrogen and oxygen atoms in total. The SMILES string of the molecule is CC(C)c1ncc2n1-c1ncccc1NC21CCC(C(=O)c2ccccc2Cl)CC1. The normalized spacial score (nSPS) is 22.5. The van der Waals surface area contributed by atoms with Gasteiger partial charge < -0.3 is 5.32 Å². The molecule has 0 saturated heterocycles. The number of rotatable bonds is 3. The monoisotopic (exact) mass is 420 g/mol. The van der Waals surface area contributed by atoms with Crippen molar-refractivity contribution in [1.29, 1.82) is 0 Å². The van der Waals surface area contributed by atoms with Crippen LogP contribution in [0.3, 0.4) is 0 Å². The van der Waals surface area contributed by atoms with Gasteiger partial charge in [0.2, 0.25) is 0 Å². The maximum Gasteiger partial charge on any atom is 0.167 e. The lowest BCUT2D eigenvalue weighted by molar-refractivity contribution is 0.0864. The Hall–Kier alpha value is -2.66. The van der Waals surface area contributed by atoms with Crippen molar-refractivity contribution in [2.24, 2.45) is 5.92 Å². The molecule has 0 bridgehead atoms. The van der Waals surface area contributed by atoms with E-state index in [1.807, 2.05) is 36.7 Å². The number of anilines is 1. The highest BCUT2D eigenvalue weighted by Gasteiger charge is 2.45. The number of hydrogen-bond donors (Lipinski definition) is 1. The van der Waals surface area contributed by atoms with Crippen LogP contribution in [0.15, 0.2) is 48.8 Å². The summed E-state index contributed by atoms with van der Waals surface area (Å²) in [7, 11) is 0. The van der Waals surface area contributed by atoms with Gasteiger partial charge in [0.15, 0.2) is 11.6 Å². The molecule has 1 N–H and O–H groups in total. The Morgan fingerprint density at radius 2 is 1.93 bits per heavy atom. The molecule has 1 fully saturated rings. The summed E-state index contributed by atoms with van der Waals surface area (Å²) in [6.07, 6.45) is 7.18. The fraction of sp³-hybridized carbons (Fsp3) is 0.375. The second-order valence-electron chi connectivity index (χ2n) is 8.69. The van der Waals surface area contributed by atoms with Gasteiger partial charge in [-0.1, -0.05) is 37.6 Å². The molecular formula is C24H25ClN4O. The Balaban J connectivity index is 1.48. The molecule has 2 aromatic heterocycles. The van der Waals surface area contributed by atoms with E-state index in [-0.39, 0.29) is 17.2 Å². The molecule has 6 heteroatoms. The van der Waals surface area contributed by atoms with E-state index < -0.39 is 0 Å². The highest BCUT2D eigenvalue weighted by Crippen LogP contribution is 2.47. The van der Waals surface area contributed by atoms with Crippen molar-refractivity contribution >= 4 is 23.1 Å². The Bertz CT molecular complexity index is 1110. The van der Waals surface area contributed by atoms with E-state index in [1.54, 1.807) is 6.07 Å². The topological polar surface area (TPSA) is 59.8 Å². The van der Waals surface area contributed by atoms with E-state index in [2.05, 4.69) is 34.8 Å². The van der Waals surface area contributed by atoms with Gasteiger partial charge in [0.1, 0.15) is 5.82 Å². The van der Waals surface area contributed by atoms with Crippen molar-refractivity contribution in [3.8, 4) is 5.82 Å². The largest absolute Gasteiger partial charge is 0.371 e. The molecule has 0 amide bonds. The van der Waals surface area contributed by atoms with Crippen LogP contribution in [0, 0.1) is 5.92 Å². The standard InChI is InChI=1S/C24H25ClN4O/c1-15(2)22-27-14-20-24(28-19-8-5-13-26-23(19)29(20)22)11-9-16(10-12-24)21(30)17-6-3-4-7-18(17)25/h3-8,13-16,28H,9-12H2,1-2H3. The average molecular weight is 421 g/mol. The van der Waals surface area contributed by atoms with E-state index in [0.29, 0.717) is 16.5 Å². The zero-order valence-electron chi connectivity index (χ0n) is 17.2. The Morgan fingerprint density at radius 3 is 2.67 bits per heavy atom. The minimum Gasteiger partial charge on any atom is -0.371 e. The predicted molar refractivity (Wildman–Crippen MR) is 118 cm³/mol. The smallest absolute Gasteiger partial charge is 0.167 e. The van der Waals surface area contributed by atoms with Gasteiger partial charge in [-0.25, -0.2) is 9.97 Å². The highest BCUT2D eigenvalue weighted by molar-refractivity contribution is 6.34. The van der Waals surface area contributed by atoms with Crippen LogP contribution < -0.4 is 5.32 Å². The summed E-state index contributed by atoms with van der Waals surface area (Å²) in [5.41, 5.74) is 2.59. The minimum atomic E-state index is -0.229. The second-order valence-corrected chi connectivity index (χ2v) is 9.10. The van der Waals surface area contributed by atoms with Gasteiger partial charge in [-0.05, 0) is 49.9 Å². The van der Waals surface area contributed by atoms with Crippen LogP contribution in [0.2, 0.25) is 5.02 Å². The predicted octanol–water partition coefficient (Wildman–Crippen LogP) is 5.74. The maximum atomic E-state index is 13.1. The van der Waals surface area contributed by atoms with Crippen molar-refractivity contribution < 1.29 is 4.79 Å². The van der Waals surface area contributed by atoms with Crippen molar-refractivity contribution in [3.05, 3.63) is 70.9 Å². The van der Waals surface area contributed by atoms with Gasteiger partial charge in [-0.15, -0.1) is 0 Å². The van der Waals surface area contributed by atoms with Gasteiger partial charge in [-0.2, -0.15) is 0 Å². The fourth-order valence-electron chi connectivity index (χ4n) is 4.96. The third-order valence-corrected chi connectivity index (χ3v) is 6.85. The lowest BCUT2D eigenvalue weighted by Gasteiger charge is -2.44. The lowest BCUT2D eigenvalue weighted by Crippen LogP contribution is -2.44. The molecule has 30 heavy (non-hydrogen) atoms.